The maximum Gasteiger partial charge on any atom is 0.338 e. The quantitative estimate of drug-likeness (QED) is 0.497. The molecule has 3 fully saturated rings. The van der Waals surface area contributed by atoms with Crippen LogP contribution in [-0.4, -0.2) is 40.7 Å². The zero-order chi connectivity index (χ0) is 23.1. The van der Waals surface area contributed by atoms with Crippen LogP contribution in [0.3, 0.4) is 0 Å². The predicted molar refractivity (Wildman–Crippen MR) is 125 cm³/mol. The van der Waals surface area contributed by atoms with Gasteiger partial charge in [0.25, 0.3) is 0 Å². The fourth-order valence-corrected chi connectivity index (χ4v) is 5.04. The van der Waals surface area contributed by atoms with Gasteiger partial charge in [-0.15, -0.1) is 0 Å². The molecule has 1 saturated heterocycles. The van der Waals surface area contributed by atoms with E-state index in [0.717, 1.165) is 60.7 Å². The van der Waals surface area contributed by atoms with Gasteiger partial charge < -0.3 is 9.84 Å². The number of rotatable bonds is 8. The molecule has 0 spiro atoms. The minimum atomic E-state index is -1.24. The molecular formula is C26H30ClFN2O3. The first-order valence-electron chi connectivity index (χ1n) is 12.0. The lowest BCUT2D eigenvalue weighted by Crippen LogP contribution is -2.37. The van der Waals surface area contributed by atoms with Crippen molar-refractivity contribution in [2.75, 3.05) is 19.7 Å². The van der Waals surface area contributed by atoms with Crippen LogP contribution < -0.4 is 4.74 Å². The maximum atomic E-state index is 14.3. The highest BCUT2D eigenvalue weighted by atomic mass is 35.5. The van der Waals surface area contributed by atoms with Crippen LogP contribution in [-0.2, 0) is 0 Å². The summed E-state index contributed by atoms with van der Waals surface area (Å²) in [5, 5.41) is 10.0. The van der Waals surface area contributed by atoms with Crippen molar-refractivity contribution in [3.63, 3.8) is 0 Å². The van der Waals surface area contributed by atoms with Crippen molar-refractivity contribution < 1.29 is 19.0 Å². The van der Waals surface area contributed by atoms with Gasteiger partial charge in [0.05, 0.1) is 17.9 Å². The van der Waals surface area contributed by atoms with Gasteiger partial charge in [0.2, 0.25) is 0 Å². The Morgan fingerprint density at radius 3 is 2.48 bits per heavy atom. The van der Waals surface area contributed by atoms with Gasteiger partial charge in [-0.2, -0.15) is 0 Å². The number of likely N-dealkylation sites (tertiary alicyclic amines) is 1. The number of nitrogens with zero attached hydrogens (tertiary/aromatic N) is 2. The standard InChI is InChI=1S/C26H30ClFN2O3/c1-15(23-10-19(27)11-24(29-23)18-4-5-18)30-8-6-16(7-9-30)14-33-25-13-22(28)21(26(31)32)12-20(25)17-2-3-17/h10-13,15-18H,2-9,14H2,1H3,(H,31,32). The lowest BCUT2D eigenvalue weighted by atomic mass is 9.96. The molecule has 33 heavy (non-hydrogen) atoms. The van der Waals surface area contributed by atoms with Crippen LogP contribution in [0, 0.1) is 11.7 Å². The lowest BCUT2D eigenvalue weighted by Gasteiger charge is -2.36. The molecule has 7 heteroatoms. The van der Waals surface area contributed by atoms with E-state index >= 15 is 0 Å². The highest BCUT2D eigenvalue weighted by Crippen LogP contribution is 2.45. The van der Waals surface area contributed by atoms with E-state index in [1.807, 2.05) is 12.1 Å². The van der Waals surface area contributed by atoms with Crippen molar-refractivity contribution in [3.05, 3.63) is 57.6 Å². The molecular weight excluding hydrogens is 443 g/mol. The van der Waals surface area contributed by atoms with Crippen LogP contribution in [0.5, 0.6) is 5.75 Å². The number of carboxylic acids is 1. The molecule has 1 aliphatic heterocycles. The van der Waals surface area contributed by atoms with E-state index in [2.05, 4.69) is 11.8 Å². The van der Waals surface area contributed by atoms with Crippen LogP contribution in [0.25, 0.3) is 0 Å². The second-order valence-electron chi connectivity index (χ2n) is 9.82. The summed E-state index contributed by atoms with van der Waals surface area (Å²) >= 11 is 6.37. The van der Waals surface area contributed by atoms with Crippen LogP contribution in [0.2, 0.25) is 5.02 Å². The number of pyridine rings is 1. The molecule has 2 saturated carbocycles. The number of aromatic carboxylic acids is 1. The third-order valence-electron chi connectivity index (χ3n) is 7.27. The molecule has 2 heterocycles. The molecule has 2 aliphatic carbocycles. The second kappa shape index (κ2) is 9.22. The van der Waals surface area contributed by atoms with Crippen molar-refractivity contribution in [2.24, 2.45) is 5.92 Å². The number of carboxylic acid groups (broad SMARTS) is 1. The van der Waals surface area contributed by atoms with E-state index in [9.17, 15) is 14.3 Å². The Morgan fingerprint density at radius 1 is 1.15 bits per heavy atom. The fraction of sp³-hybridized carbons (Fsp3) is 0.538. The molecule has 5 rings (SSSR count). The van der Waals surface area contributed by atoms with E-state index in [1.165, 1.54) is 25.0 Å². The third kappa shape index (κ3) is 5.17. The number of carbonyl (C=O) groups is 1. The smallest absolute Gasteiger partial charge is 0.338 e. The van der Waals surface area contributed by atoms with E-state index in [1.54, 1.807) is 0 Å². The van der Waals surface area contributed by atoms with Gasteiger partial charge in [-0.05, 0) is 94.1 Å². The summed E-state index contributed by atoms with van der Waals surface area (Å²) in [6, 6.07) is 6.92. The number of aromatic nitrogens is 1. The molecule has 1 N–H and O–H groups in total. The monoisotopic (exact) mass is 472 g/mol. The van der Waals surface area contributed by atoms with Crippen molar-refractivity contribution in [3.8, 4) is 5.75 Å². The Balaban J connectivity index is 1.19. The van der Waals surface area contributed by atoms with Gasteiger partial charge in [0, 0.05) is 28.7 Å². The Morgan fingerprint density at radius 2 is 1.85 bits per heavy atom. The van der Waals surface area contributed by atoms with E-state index in [-0.39, 0.29) is 17.5 Å². The molecule has 0 radical (unpaired) electrons. The van der Waals surface area contributed by atoms with Crippen molar-refractivity contribution >= 4 is 17.6 Å². The topological polar surface area (TPSA) is 62.7 Å². The number of halogens is 2. The summed E-state index contributed by atoms with van der Waals surface area (Å²) in [5.41, 5.74) is 2.73. The molecule has 5 nitrogen and oxygen atoms in total. The van der Waals surface area contributed by atoms with Crippen LogP contribution in [0.4, 0.5) is 4.39 Å². The third-order valence-corrected chi connectivity index (χ3v) is 7.49. The summed E-state index contributed by atoms with van der Waals surface area (Å²) < 4.78 is 20.3. The zero-order valence-corrected chi connectivity index (χ0v) is 19.7. The van der Waals surface area contributed by atoms with E-state index < -0.39 is 11.8 Å². The van der Waals surface area contributed by atoms with Gasteiger partial charge in [0.1, 0.15) is 11.6 Å². The molecule has 2 aromatic rings. The van der Waals surface area contributed by atoms with Gasteiger partial charge in [0.15, 0.2) is 0 Å². The first-order chi connectivity index (χ1) is 15.9. The molecule has 0 bridgehead atoms. The average molecular weight is 473 g/mol. The number of benzene rings is 1. The van der Waals surface area contributed by atoms with Crippen molar-refractivity contribution in [1.29, 1.82) is 0 Å². The molecule has 0 amide bonds. The van der Waals surface area contributed by atoms with Gasteiger partial charge in [-0.1, -0.05) is 11.6 Å². The summed E-state index contributed by atoms with van der Waals surface area (Å²) in [5.74, 6) is -0.214. The van der Waals surface area contributed by atoms with Gasteiger partial charge in [-0.3, -0.25) is 9.88 Å². The highest BCUT2D eigenvalue weighted by Gasteiger charge is 2.31. The lowest BCUT2D eigenvalue weighted by molar-refractivity contribution is 0.0691. The van der Waals surface area contributed by atoms with Gasteiger partial charge >= 0.3 is 5.97 Å². The Labute approximate surface area is 198 Å². The van der Waals surface area contributed by atoms with Crippen molar-refractivity contribution in [2.45, 2.75) is 63.3 Å². The van der Waals surface area contributed by atoms with Crippen LogP contribution in [0.15, 0.2) is 24.3 Å². The number of ether oxygens (including phenoxy) is 1. The number of hydrogen-bond donors (Lipinski definition) is 1. The summed E-state index contributed by atoms with van der Waals surface area (Å²) in [7, 11) is 0. The maximum absolute atomic E-state index is 14.3. The Hall–Kier alpha value is -2.18. The largest absolute Gasteiger partial charge is 0.493 e. The van der Waals surface area contributed by atoms with Crippen LogP contribution >= 0.6 is 11.6 Å². The molecule has 1 aromatic carbocycles. The molecule has 1 atom stereocenters. The number of piperidine rings is 1. The van der Waals surface area contributed by atoms with Gasteiger partial charge in [-0.25, -0.2) is 9.18 Å². The minimum Gasteiger partial charge on any atom is -0.493 e. The predicted octanol–water partition coefficient (Wildman–Crippen LogP) is 6.18. The highest BCUT2D eigenvalue weighted by molar-refractivity contribution is 6.30. The molecule has 1 aromatic heterocycles. The Kier molecular flexibility index (Phi) is 6.32. The summed E-state index contributed by atoms with van der Waals surface area (Å²) in [6.07, 6.45) is 6.40. The molecule has 3 aliphatic rings. The molecule has 176 valence electrons. The van der Waals surface area contributed by atoms with E-state index in [4.69, 9.17) is 21.3 Å². The van der Waals surface area contributed by atoms with Crippen LogP contribution in [0.1, 0.15) is 90.6 Å². The first-order valence-corrected chi connectivity index (χ1v) is 12.4. The first kappa shape index (κ1) is 22.6. The van der Waals surface area contributed by atoms with Crippen molar-refractivity contribution in [1.82, 2.24) is 9.88 Å². The second-order valence-corrected chi connectivity index (χ2v) is 10.3. The molecule has 1 unspecified atom stereocenters. The number of hydrogen-bond acceptors (Lipinski definition) is 4. The fourth-order valence-electron chi connectivity index (χ4n) is 4.82. The normalized spacial score (nSPS) is 20.6. The van der Waals surface area contributed by atoms with E-state index in [0.29, 0.717) is 24.2 Å². The Bertz CT molecular complexity index is 1050. The summed E-state index contributed by atoms with van der Waals surface area (Å²) in [6.45, 7) is 4.61. The average Bonchev–Trinajstić information content (AvgIpc) is 3.70. The SMILES string of the molecule is CC(c1cc(Cl)cc(C2CC2)n1)N1CCC(COc2cc(F)c(C(=O)O)cc2C2CC2)CC1. The zero-order valence-electron chi connectivity index (χ0n) is 18.9. The summed E-state index contributed by atoms with van der Waals surface area (Å²) in [4.78, 5) is 18.6. The minimum absolute atomic E-state index is 0.210.